The smallest absolute Gasteiger partial charge is 0.157 e. The molecule has 1 fully saturated rings. The number of nitrogens with zero attached hydrogens (tertiary/aromatic N) is 1. The first kappa shape index (κ1) is 12.3. The zero-order valence-corrected chi connectivity index (χ0v) is 11.5. The van der Waals surface area contributed by atoms with Gasteiger partial charge in [-0.05, 0) is 37.5 Å². The lowest BCUT2D eigenvalue weighted by Crippen LogP contribution is -2.35. The number of amidine groups is 1. The first-order chi connectivity index (χ1) is 7.65. The summed E-state index contributed by atoms with van der Waals surface area (Å²) in [6.45, 7) is 6.91. The fraction of sp³-hybridized carbons (Fsp3) is 0.923. The van der Waals surface area contributed by atoms with Crippen molar-refractivity contribution in [3.8, 4) is 0 Å². The van der Waals surface area contributed by atoms with Gasteiger partial charge in [-0.2, -0.15) is 0 Å². The minimum atomic E-state index is 0.544. The minimum absolute atomic E-state index is 0.544. The molecule has 3 atom stereocenters. The molecular formula is C13H24N2S. The fourth-order valence-electron chi connectivity index (χ4n) is 2.60. The largest absolute Gasteiger partial charge is 0.362 e. The Balaban J connectivity index is 1.88. The molecule has 0 aromatic heterocycles. The molecule has 92 valence electrons. The summed E-state index contributed by atoms with van der Waals surface area (Å²) in [6, 6.07) is 1.23. The molecule has 1 saturated carbocycles. The van der Waals surface area contributed by atoms with Gasteiger partial charge >= 0.3 is 0 Å². The third kappa shape index (κ3) is 3.16. The van der Waals surface area contributed by atoms with Crippen molar-refractivity contribution in [1.29, 1.82) is 0 Å². The van der Waals surface area contributed by atoms with Gasteiger partial charge in [0.2, 0.25) is 0 Å². The Kier molecular flexibility index (Phi) is 4.17. The van der Waals surface area contributed by atoms with Crippen LogP contribution < -0.4 is 5.32 Å². The molecule has 1 aliphatic heterocycles. The number of rotatable bonds is 2. The Labute approximate surface area is 104 Å². The van der Waals surface area contributed by atoms with Gasteiger partial charge in [-0.15, -0.1) is 0 Å². The molecule has 2 aliphatic rings. The van der Waals surface area contributed by atoms with E-state index in [2.05, 4.69) is 26.1 Å². The topological polar surface area (TPSA) is 24.4 Å². The van der Waals surface area contributed by atoms with Crippen LogP contribution in [0, 0.1) is 11.8 Å². The average molecular weight is 240 g/mol. The van der Waals surface area contributed by atoms with E-state index in [1.165, 1.54) is 36.6 Å². The van der Waals surface area contributed by atoms with Crippen molar-refractivity contribution >= 4 is 16.9 Å². The van der Waals surface area contributed by atoms with Crippen LogP contribution in [0.5, 0.6) is 0 Å². The SMILES string of the molecule is CC1CCC(NC2=NC(C(C)C)CCS2)C1. The fourth-order valence-corrected chi connectivity index (χ4v) is 3.62. The first-order valence-electron chi connectivity index (χ1n) is 6.62. The number of aliphatic imine (C=N–C) groups is 1. The molecular weight excluding hydrogens is 216 g/mol. The molecule has 2 nitrogen and oxygen atoms in total. The van der Waals surface area contributed by atoms with E-state index >= 15 is 0 Å². The average Bonchev–Trinajstić information content (AvgIpc) is 2.64. The monoisotopic (exact) mass is 240 g/mol. The van der Waals surface area contributed by atoms with Gasteiger partial charge in [-0.1, -0.05) is 32.5 Å². The Bertz CT molecular complexity index is 263. The van der Waals surface area contributed by atoms with Crippen molar-refractivity contribution in [1.82, 2.24) is 5.32 Å². The van der Waals surface area contributed by atoms with Crippen molar-refractivity contribution < 1.29 is 0 Å². The van der Waals surface area contributed by atoms with Gasteiger partial charge in [0.25, 0.3) is 0 Å². The lowest BCUT2D eigenvalue weighted by Gasteiger charge is -2.25. The van der Waals surface area contributed by atoms with Crippen molar-refractivity contribution in [2.75, 3.05) is 5.75 Å². The van der Waals surface area contributed by atoms with Crippen molar-refractivity contribution in [3.63, 3.8) is 0 Å². The highest BCUT2D eigenvalue weighted by atomic mass is 32.2. The van der Waals surface area contributed by atoms with Crippen LogP contribution in [0.4, 0.5) is 0 Å². The van der Waals surface area contributed by atoms with Gasteiger partial charge in [0, 0.05) is 11.8 Å². The summed E-state index contributed by atoms with van der Waals surface area (Å²) in [7, 11) is 0. The summed E-state index contributed by atoms with van der Waals surface area (Å²) in [4.78, 5) is 4.84. The van der Waals surface area contributed by atoms with Crippen LogP contribution in [0.1, 0.15) is 46.5 Å². The van der Waals surface area contributed by atoms with Crippen molar-refractivity contribution in [2.45, 2.75) is 58.5 Å². The lowest BCUT2D eigenvalue weighted by molar-refractivity contribution is 0.480. The Hall–Kier alpha value is -0.180. The quantitative estimate of drug-likeness (QED) is 0.801. The van der Waals surface area contributed by atoms with E-state index < -0.39 is 0 Å². The van der Waals surface area contributed by atoms with Crippen molar-refractivity contribution in [3.05, 3.63) is 0 Å². The summed E-state index contributed by atoms with van der Waals surface area (Å²) in [5.74, 6) is 2.81. The molecule has 0 aromatic carbocycles. The maximum absolute atomic E-state index is 4.84. The van der Waals surface area contributed by atoms with Crippen LogP contribution in [-0.2, 0) is 0 Å². The van der Waals surface area contributed by atoms with E-state index in [4.69, 9.17) is 4.99 Å². The van der Waals surface area contributed by atoms with Crippen molar-refractivity contribution in [2.24, 2.45) is 16.8 Å². The highest BCUT2D eigenvalue weighted by molar-refractivity contribution is 8.13. The maximum atomic E-state index is 4.84. The highest BCUT2D eigenvalue weighted by Gasteiger charge is 2.24. The van der Waals surface area contributed by atoms with E-state index in [1.807, 2.05) is 11.8 Å². The number of nitrogens with one attached hydrogen (secondary N) is 1. The number of hydrogen-bond acceptors (Lipinski definition) is 3. The zero-order chi connectivity index (χ0) is 11.5. The summed E-state index contributed by atoms with van der Waals surface area (Å²) in [5, 5.41) is 4.86. The molecule has 0 bridgehead atoms. The normalized spacial score (nSPS) is 35.2. The summed E-state index contributed by atoms with van der Waals surface area (Å²) < 4.78 is 0. The molecule has 0 radical (unpaired) electrons. The molecule has 1 heterocycles. The summed E-state index contributed by atoms with van der Waals surface area (Å²) in [5.41, 5.74) is 0. The van der Waals surface area contributed by atoms with Gasteiger partial charge in [-0.25, -0.2) is 0 Å². The predicted molar refractivity (Wildman–Crippen MR) is 73.1 cm³/mol. The lowest BCUT2D eigenvalue weighted by atomic mass is 10.0. The molecule has 3 unspecified atom stereocenters. The van der Waals surface area contributed by atoms with E-state index in [0.29, 0.717) is 18.0 Å². The number of hydrogen-bond donors (Lipinski definition) is 1. The second kappa shape index (κ2) is 5.44. The molecule has 0 saturated heterocycles. The summed E-state index contributed by atoms with van der Waals surface area (Å²) in [6.07, 6.45) is 5.27. The van der Waals surface area contributed by atoms with Crippen LogP contribution in [0.2, 0.25) is 0 Å². The Morgan fingerprint density at radius 1 is 1.31 bits per heavy atom. The van der Waals surface area contributed by atoms with Crippen LogP contribution in [0.15, 0.2) is 4.99 Å². The second-order valence-electron chi connectivity index (χ2n) is 5.64. The molecule has 2 rings (SSSR count). The highest BCUT2D eigenvalue weighted by Crippen LogP contribution is 2.27. The molecule has 0 spiro atoms. The molecule has 3 heteroatoms. The number of thioether (sulfide) groups is 1. The molecule has 16 heavy (non-hydrogen) atoms. The van der Waals surface area contributed by atoms with Gasteiger partial charge < -0.3 is 5.32 Å². The van der Waals surface area contributed by atoms with Gasteiger partial charge in [0.1, 0.15) is 0 Å². The Morgan fingerprint density at radius 2 is 2.12 bits per heavy atom. The molecule has 1 N–H and O–H groups in total. The van der Waals surface area contributed by atoms with Crippen LogP contribution in [-0.4, -0.2) is 23.0 Å². The van der Waals surface area contributed by atoms with E-state index in [9.17, 15) is 0 Å². The predicted octanol–water partition coefficient (Wildman–Crippen LogP) is 3.28. The van der Waals surface area contributed by atoms with E-state index in [1.54, 1.807) is 0 Å². The van der Waals surface area contributed by atoms with Gasteiger partial charge in [0.15, 0.2) is 5.17 Å². The molecule has 0 aromatic rings. The third-order valence-corrected chi connectivity index (χ3v) is 4.66. The van der Waals surface area contributed by atoms with E-state index in [-0.39, 0.29) is 0 Å². The minimum Gasteiger partial charge on any atom is -0.362 e. The standard InChI is InChI=1S/C13H24N2S/c1-9(2)12-6-7-16-13(15-12)14-11-5-4-10(3)8-11/h9-12H,4-8H2,1-3H3,(H,14,15). The van der Waals surface area contributed by atoms with Gasteiger partial charge in [-0.3, -0.25) is 4.99 Å². The summed E-state index contributed by atoms with van der Waals surface area (Å²) >= 11 is 1.91. The van der Waals surface area contributed by atoms with Crippen LogP contribution >= 0.6 is 11.8 Å². The zero-order valence-electron chi connectivity index (χ0n) is 10.7. The molecule has 0 amide bonds. The second-order valence-corrected chi connectivity index (χ2v) is 6.73. The maximum Gasteiger partial charge on any atom is 0.157 e. The van der Waals surface area contributed by atoms with Crippen LogP contribution in [0.25, 0.3) is 0 Å². The van der Waals surface area contributed by atoms with E-state index in [0.717, 1.165) is 5.92 Å². The first-order valence-corrected chi connectivity index (χ1v) is 7.61. The Morgan fingerprint density at radius 3 is 2.75 bits per heavy atom. The van der Waals surface area contributed by atoms with Crippen LogP contribution in [0.3, 0.4) is 0 Å². The third-order valence-electron chi connectivity index (χ3n) is 3.73. The molecule has 1 aliphatic carbocycles. The van der Waals surface area contributed by atoms with Gasteiger partial charge in [0.05, 0.1) is 6.04 Å².